The predicted molar refractivity (Wildman–Crippen MR) is 89.2 cm³/mol. The second-order valence-corrected chi connectivity index (χ2v) is 5.59. The smallest absolute Gasteiger partial charge is 0.231 e. The zero-order chi connectivity index (χ0) is 16.4. The zero-order valence-corrected chi connectivity index (χ0v) is 13.2. The van der Waals surface area contributed by atoms with Gasteiger partial charge in [-0.1, -0.05) is 30.3 Å². The van der Waals surface area contributed by atoms with Crippen molar-refractivity contribution >= 4 is 5.91 Å². The van der Waals surface area contributed by atoms with Gasteiger partial charge < -0.3 is 16.5 Å². The van der Waals surface area contributed by atoms with Crippen LogP contribution in [-0.4, -0.2) is 42.5 Å². The molecule has 0 aliphatic heterocycles. The van der Waals surface area contributed by atoms with Gasteiger partial charge in [0.2, 0.25) is 5.91 Å². The Hall–Kier alpha value is -2.05. The van der Waals surface area contributed by atoms with E-state index in [0.717, 1.165) is 19.4 Å². The molecule has 122 valence electrons. The number of primary amides is 1. The number of likely N-dealkylation sites (N-methyl/N-ethyl adjacent to an activating group) is 1. The van der Waals surface area contributed by atoms with E-state index in [9.17, 15) is 4.79 Å². The SMILES string of the molecule is CN(CC(N)=O)C[C@H](CCc1ccccc1)CN(N)/C=C\N. The van der Waals surface area contributed by atoms with Crippen molar-refractivity contribution < 1.29 is 4.79 Å². The van der Waals surface area contributed by atoms with Crippen LogP contribution < -0.4 is 17.3 Å². The van der Waals surface area contributed by atoms with Crippen LogP contribution in [0.4, 0.5) is 0 Å². The average molecular weight is 305 g/mol. The highest BCUT2D eigenvalue weighted by molar-refractivity contribution is 5.75. The van der Waals surface area contributed by atoms with Crippen molar-refractivity contribution in [2.75, 3.05) is 26.7 Å². The molecule has 0 saturated heterocycles. The molecular weight excluding hydrogens is 278 g/mol. The molecule has 6 heteroatoms. The highest BCUT2D eigenvalue weighted by Gasteiger charge is 2.15. The first-order valence-corrected chi connectivity index (χ1v) is 7.41. The van der Waals surface area contributed by atoms with Crippen LogP contribution in [0.2, 0.25) is 0 Å². The van der Waals surface area contributed by atoms with Crippen molar-refractivity contribution in [1.82, 2.24) is 9.91 Å². The minimum atomic E-state index is -0.323. The summed E-state index contributed by atoms with van der Waals surface area (Å²) in [5.41, 5.74) is 11.9. The molecule has 0 unspecified atom stereocenters. The van der Waals surface area contributed by atoms with Crippen LogP contribution in [-0.2, 0) is 11.2 Å². The molecule has 0 radical (unpaired) electrons. The van der Waals surface area contributed by atoms with Crippen LogP contribution in [0.25, 0.3) is 0 Å². The monoisotopic (exact) mass is 305 g/mol. The molecule has 22 heavy (non-hydrogen) atoms. The van der Waals surface area contributed by atoms with Crippen LogP contribution in [0.15, 0.2) is 42.7 Å². The molecule has 0 aliphatic rings. The topological polar surface area (TPSA) is 102 Å². The Balaban J connectivity index is 2.58. The third-order valence-corrected chi connectivity index (χ3v) is 3.43. The number of amides is 1. The first kappa shape index (κ1) is 18.0. The molecule has 0 aromatic heterocycles. The lowest BCUT2D eigenvalue weighted by Crippen LogP contribution is -2.39. The third-order valence-electron chi connectivity index (χ3n) is 3.43. The van der Waals surface area contributed by atoms with Crippen molar-refractivity contribution in [3.05, 3.63) is 48.3 Å². The number of nitrogens with two attached hydrogens (primary N) is 3. The van der Waals surface area contributed by atoms with Gasteiger partial charge in [-0.3, -0.25) is 9.69 Å². The van der Waals surface area contributed by atoms with Gasteiger partial charge in [-0.25, -0.2) is 5.84 Å². The Bertz CT molecular complexity index is 463. The Kier molecular flexibility index (Phi) is 8.03. The van der Waals surface area contributed by atoms with Crippen LogP contribution in [0, 0.1) is 5.92 Å². The molecule has 0 aliphatic carbocycles. The summed E-state index contributed by atoms with van der Waals surface area (Å²) in [7, 11) is 1.89. The second-order valence-electron chi connectivity index (χ2n) is 5.59. The van der Waals surface area contributed by atoms with E-state index in [-0.39, 0.29) is 12.5 Å². The summed E-state index contributed by atoms with van der Waals surface area (Å²) in [5, 5.41) is 1.58. The quantitative estimate of drug-likeness (QED) is 0.425. The van der Waals surface area contributed by atoms with Gasteiger partial charge in [-0.05, 0) is 31.4 Å². The minimum absolute atomic E-state index is 0.249. The first-order chi connectivity index (χ1) is 10.5. The van der Waals surface area contributed by atoms with Gasteiger partial charge >= 0.3 is 0 Å². The van der Waals surface area contributed by atoms with Gasteiger partial charge in [0.05, 0.1) is 6.54 Å². The van der Waals surface area contributed by atoms with E-state index in [4.69, 9.17) is 17.3 Å². The van der Waals surface area contributed by atoms with Gasteiger partial charge in [-0.15, -0.1) is 0 Å². The highest BCUT2D eigenvalue weighted by atomic mass is 16.1. The van der Waals surface area contributed by atoms with E-state index < -0.39 is 0 Å². The van der Waals surface area contributed by atoms with Gasteiger partial charge in [0.15, 0.2) is 0 Å². The summed E-state index contributed by atoms with van der Waals surface area (Å²) in [6.45, 7) is 1.67. The number of hydrogen-bond acceptors (Lipinski definition) is 5. The zero-order valence-electron chi connectivity index (χ0n) is 13.2. The number of hydrogen-bond donors (Lipinski definition) is 3. The van der Waals surface area contributed by atoms with Gasteiger partial charge in [-0.2, -0.15) is 0 Å². The van der Waals surface area contributed by atoms with Crippen LogP contribution in [0.3, 0.4) is 0 Å². The Morgan fingerprint density at radius 2 is 1.95 bits per heavy atom. The van der Waals surface area contributed by atoms with E-state index in [1.165, 1.54) is 11.8 Å². The summed E-state index contributed by atoms with van der Waals surface area (Å²) in [6, 6.07) is 10.3. The van der Waals surface area contributed by atoms with Crippen molar-refractivity contribution in [3.63, 3.8) is 0 Å². The molecular formula is C16H27N5O. The van der Waals surface area contributed by atoms with E-state index in [1.54, 1.807) is 11.2 Å². The molecule has 0 heterocycles. The van der Waals surface area contributed by atoms with Crippen molar-refractivity contribution in [3.8, 4) is 0 Å². The number of aryl methyl sites for hydroxylation is 1. The van der Waals surface area contributed by atoms with E-state index in [0.29, 0.717) is 12.5 Å². The molecule has 1 amide bonds. The summed E-state index contributed by atoms with van der Waals surface area (Å²) in [4.78, 5) is 12.9. The molecule has 6 nitrogen and oxygen atoms in total. The minimum Gasteiger partial charge on any atom is -0.403 e. The lowest BCUT2D eigenvalue weighted by Gasteiger charge is -2.26. The Morgan fingerprint density at radius 3 is 2.55 bits per heavy atom. The largest absolute Gasteiger partial charge is 0.403 e. The maximum Gasteiger partial charge on any atom is 0.231 e. The van der Waals surface area contributed by atoms with Crippen molar-refractivity contribution in [2.24, 2.45) is 23.2 Å². The molecule has 0 spiro atoms. The molecule has 1 rings (SSSR count). The Labute approximate surface area is 132 Å². The van der Waals surface area contributed by atoms with E-state index >= 15 is 0 Å². The lowest BCUT2D eigenvalue weighted by atomic mass is 9.98. The van der Waals surface area contributed by atoms with Crippen LogP contribution in [0.5, 0.6) is 0 Å². The fourth-order valence-electron chi connectivity index (χ4n) is 2.50. The number of carbonyl (C=O) groups is 1. The van der Waals surface area contributed by atoms with Crippen molar-refractivity contribution in [1.29, 1.82) is 0 Å². The van der Waals surface area contributed by atoms with E-state index in [1.807, 2.05) is 30.1 Å². The standard InChI is InChI=1S/C16H27N5O/c1-20(13-16(18)22)11-15(12-21(19)10-9-17)8-7-14-5-3-2-4-6-14/h2-6,9-10,15H,7-8,11-13,17,19H2,1H3,(H2,18,22)/b10-9-/t15-/m0/s1. The molecule has 1 atom stereocenters. The maximum atomic E-state index is 11.0. The molecule has 6 N–H and O–H groups in total. The number of rotatable bonds is 10. The van der Waals surface area contributed by atoms with Gasteiger partial charge in [0.1, 0.15) is 0 Å². The summed E-state index contributed by atoms with van der Waals surface area (Å²) >= 11 is 0. The number of carbonyl (C=O) groups excluding carboxylic acids is 1. The van der Waals surface area contributed by atoms with E-state index in [2.05, 4.69) is 12.1 Å². The fraction of sp³-hybridized carbons (Fsp3) is 0.438. The lowest BCUT2D eigenvalue weighted by molar-refractivity contribution is -0.119. The second kappa shape index (κ2) is 9.81. The number of hydrazine groups is 1. The van der Waals surface area contributed by atoms with Crippen LogP contribution in [0.1, 0.15) is 12.0 Å². The molecule has 0 bridgehead atoms. The summed E-state index contributed by atoms with van der Waals surface area (Å²) in [5.74, 6) is 5.87. The van der Waals surface area contributed by atoms with Gasteiger partial charge in [0, 0.05) is 25.5 Å². The fourth-order valence-corrected chi connectivity index (χ4v) is 2.50. The third kappa shape index (κ3) is 7.66. The first-order valence-electron chi connectivity index (χ1n) is 7.41. The van der Waals surface area contributed by atoms with Crippen molar-refractivity contribution in [2.45, 2.75) is 12.8 Å². The molecule has 1 aromatic rings. The molecule has 0 fully saturated rings. The maximum absolute atomic E-state index is 11.0. The van der Waals surface area contributed by atoms with Gasteiger partial charge in [0.25, 0.3) is 0 Å². The summed E-state index contributed by atoms with van der Waals surface area (Å²) in [6.07, 6.45) is 5.00. The average Bonchev–Trinajstić information content (AvgIpc) is 2.45. The highest BCUT2D eigenvalue weighted by Crippen LogP contribution is 2.12. The number of benzene rings is 1. The number of nitrogens with zero attached hydrogens (tertiary/aromatic N) is 2. The predicted octanol–water partition coefficient (Wildman–Crippen LogP) is 0.258. The Morgan fingerprint density at radius 1 is 1.27 bits per heavy atom. The molecule has 1 aromatic carbocycles. The van der Waals surface area contributed by atoms with Crippen LogP contribution >= 0.6 is 0 Å². The summed E-state index contributed by atoms with van der Waals surface area (Å²) < 4.78 is 0. The molecule has 0 saturated carbocycles. The normalized spacial score (nSPS) is 12.7.